The van der Waals surface area contributed by atoms with Crippen LogP contribution in [0, 0.1) is 18.8 Å². The molecule has 4 rings (SSSR count). The van der Waals surface area contributed by atoms with Crippen LogP contribution in [0.25, 0.3) is 11.0 Å². The highest BCUT2D eigenvalue weighted by Crippen LogP contribution is 2.34. The van der Waals surface area contributed by atoms with Gasteiger partial charge in [-0.1, -0.05) is 18.2 Å². The van der Waals surface area contributed by atoms with Crippen molar-refractivity contribution in [2.45, 2.75) is 32.3 Å². The third-order valence-corrected chi connectivity index (χ3v) is 5.70. The molecule has 0 aliphatic carbocycles. The van der Waals surface area contributed by atoms with Gasteiger partial charge in [-0.3, -0.25) is 9.59 Å². The molecule has 138 valence electrons. The highest BCUT2D eigenvalue weighted by Gasteiger charge is 2.41. The highest BCUT2D eigenvalue weighted by atomic mass is 16.5. The number of carboxylic acids is 1. The Bertz CT molecular complexity index is 834. The number of amides is 1. The molecule has 6 nitrogen and oxygen atoms in total. The van der Waals surface area contributed by atoms with Gasteiger partial charge in [0.25, 0.3) is 5.91 Å². The Balaban J connectivity index is 1.43. The first-order chi connectivity index (χ1) is 12.5. The maximum absolute atomic E-state index is 12.8. The van der Waals surface area contributed by atoms with Crippen molar-refractivity contribution < 1.29 is 23.8 Å². The largest absolute Gasteiger partial charge is 0.481 e. The molecule has 2 aliphatic rings. The molecule has 26 heavy (non-hydrogen) atoms. The van der Waals surface area contributed by atoms with Gasteiger partial charge < -0.3 is 19.2 Å². The summed E-state index contributed by atoms with van der Waals surface area (Å²) in [6.07, 6.45) is 1.88. The Hall–Kier alpha value is -2.34. The normalized spacial score (nSPS) is 24.3. The van der Waals surface area contributed by atoms with Crippen molar-refractivity contribution >= 4 is 22.8 Å². The average molecular weight is 357 g/mol. The van der Waals surface area contributed by atoms with Crippen molar-refractivity contribution in [2.24, 2.45) is 11.8 Å². The second-order valence-corrected chi connectivity index (χ2v) is 7.30. The van der Waals surface area contributed by atoms with Crippen LogP contribution in [0.1, 0.15) is 35.4 Å². The molecule has 1 N–H and O–H groups in total. The molecule has 1 aromatic heterocycles. The molecule has 2 fully saturated rings. The maximum Gasteiger partial charge on any atom is 0.309 e. The molecular formula is C20H23NO5. The number of carbonyl (C=O) groups excluding carboxylic acids is 1. The molecule has 0 spiro atoms. The number of nitrogens with zero attached hydrogens (tertiary/aromatic N) is 1. The third-order valence-electron chi connectivity index (χ3n) is 5.70. The van der Waals surface area contributed by atoms with E-state index in [-0.39, 0.29) is 17.9 Å². The first-order valence-electron chi connectivity index (χ1n) is 9.17. The Labute approximate surface area is 151 Å². The third kappa shape index (κ3) is 2.98. The number of hydrogen-bond acceptors (Lipinski definition) is 4. The summed E-state index contributed by atoms with van der Waals surface area (Å²) in [6, 6.07) is 7.66. The Kier molecular flexibility index (Phi) is 4.44. The minimum atomic E-state index is -0.774. The molecule has 0 radical (unpaired) electrons. The van der Waals surface area contributed by atoms with Crippen LogP contribution in [-0.2, 0) is 9.53 Å². The molecule has 3 heterocycles. The van der Waals surface area contributed by atoms with Crippen molar-refractivity contribution in [1.82, 2.24) is 4.90 Å². The van der Waals surface area contributed by atoms with Gasteiger partial charge in [0.15, 0.2) is 5.76 Å². The number of hydrogen-bond donors (Lipinski definition) is 1. The Morgan fingerprint density at radius 1 is 1.19 bits per heavy atom. The summed E-state index contributed by atoms with van der Waals surface area (Å²) in [5.41, 5.74) is 1.77. The second kappa shape index (κ2) is 6.76. The standard InChI is InChI=1S/C20H23NO5/c1-12-3-2-4-14-11-16(26-17(12)14)19(22)21-8-5-13(6-9-21)18-15(20(23)24)7-10-25-18/h2-4,11,13,15,18H,5-10H2,1H3,(H,23,24)/t15?,18-/m0/s1. The molecule has 2 atom stereocenters. The molecule has 0 bridgehead atoms. The van der Waals surface area contributed by atoms with E-state index in [9.17, 15) is 14.7 Å². The molecule has 2 saturated heterocycles. The number of carboxylic acid groups (broad SMARTS) is 1. The van der Waals surface area contributed by atoms with Crippen LogP contribution in [-0.4, -0.2) is 47.7 Å². The summed E-state index contributed by atoms with van der Waals surface area (Å²) in [5.74, 6) is -0.723. The second-order valence-electron chi connectivity index (χ2n) is 7.30. The fourth-order valence-electron chi connectivity index (χ4n) is 4.24. The lowest BCUT2D eigenvalue weighted by Crippen LogP contribution is -2.43. The SMILES string of the molecule is Cc1cccc2cc(C(=O)N3CCC([C@@H]4OCCC4C(=O)O)CC3)oc12. The average Bonchev–Trinajstić information content (AvgIpc) is 3.29. The van der Waals surface area contributed by atoms with E-state index in [4.69, 9.17) is 9.15 Å². The summed E-state index contributed by atoms with van der Waals surface area (Å²) in [6.45, 7) is 3.68. The molecule has 6 heteroatoms. The van der Waals surface area contributed by atoms with Crippen LogP contribution >= 0.6 is 0 Å². The number of ether oxygens (including phenoxy) is 1. The Morgan fingerprint density at radius 3 is 2.65 bits per heavy atom. The topological polar surface area (TPSA) is 80.0 Å². The van der Waals surface area contributed by atoms with Crippen LogP contribution < -0.4 is 0 Å². The van der Waals surface area contributed by atoms with Gasteiger partial charge in [0, 0.05) is 25.1 Å². The van der Waals surface area contributed by atoms with Crippen LogP contribution in [0.4, 0.5) is 0 Å². The molecule has 1 aromatic carbocycles. The zero-order valence-electron chi connectivity index (χ0n) is 14.8. The van der Waals surface area contributed by atoms with Gasteiger partial charge >= 0.3 is 5.97 Å². The fourth-order valence-corrected chi connectivity index (χ4v) is 4.24. The first-order valence-corrected chi connectivity index (χ1v) is 9.17. The lowest BCUT2D eigenvalue weighted by Gasteiger charge is -2.35. The van der Waals surface area contributed by atoms with Crippen molar-refractivity contribution in [2.75, 3.05) is 19.7 Å². The summed E-state index contributed by atoms with van der Waals surface area (Å²) in [7, 11) is 0. The zero-order valence-corrected chi connectivity index (χ0v) is 14.8. The number of likely N-dealkylation sites (tertiary alicyclic amines) is 1. The van der Waals surface area contributed by atoms with E-state index in [1.165, 1.54) is 0 Å². The number of para-hydroxylation sites is 1. The van der Waals surface area contributed by atoms with E-state index in [2.05, 4.69) is 0 Å². The van der Waals surface area contributed by atoms with Crippen LogP contribution in [0.3, 0.4) is 0 Å². The van der Waals surface area contributed by atoms with Gasteiger partial charge in [-0.25, -0.2) is 0 Å². The number of furan rings is 1. The molecule has 1 amide bonds. The summed E-state index contributed by atoms with van der Waals surface area (Å²) in [4.78, 5) is 26.0. The van der Waals surface area contributed by atoms with Crippen molar-refractivity contribution in [3.63, 3.8) is 0 Å². The number of fused-ring (bicyclic) bond motifs is 1. The summed E-state index contributed by atoms with van der Waals surface area (Å²) >= 11 is 0. The van der Waals surface area contributed by atoms with Gasteiger partial charge in [0.1, 0.15) is 5.58 Å². The molecular weight excluding hydrogens is 334 g/mol. The summed E-state index contributed by atoms with van der Waals surface area (Å²) < 4.78 is 11.5. The molecule has 2 aromatic rings. The van der Waals surface area contributed by atoms with E-state index >= 15 is 0 Å². The van der Waals surface area contributed by atoms with E-state index < -0.39 is 11.9 Å². The number of aliphatic carboxylic acids is 1. The van der Waals surface area contributed by atoms with Gasteiger partial charge in [-0.15, -0.1) is 0 Å². The predicted octanol–water partition coefficient (Wildman–Crippen LogP) is 3.08. The number of piperidine rings is 1. The van der Waals surface area contributed by atoms with Gasteiger partial charge in [-0.2, -0.15) is 0 Å². The van der Waals surface area contributed by atoms with Crippen molar-refractivity contribution in [1.29, 1.82) is 0 Å². The first kappa shape index (κ1) is 17.1. The van der Waals surface area contributed by atoms with Gasteiger partial charge in [-0.05, 0) is 43.7 Å². The molecule has 1 unspecified atom stereocenters. The number of carbonyl (C=O) groups is 2. The quantitative estimate of drug-likeness (QED) is 0.913. The van der Waals surface area contributed by atoms with Crippen molar-refractivity contribution in [3.05, 3.63) is 35.6 Å². The number of aryl methyl sites for hydroxylation is 1. The summed E-state index contributed by atoms with van der Waals surface area (Å²) in [5, 5.41) is 10.3. The minimum Gasteiger partial charge on any atom is -0.481 e. The van der Waals surface area contributed by atoms with Crippen LogP contribution in [0.15, 0.2) is 28.7 Å². The van der Waals surface area contributed by atoms with E-state index in [1.807, 2.05) is 25.1 Å². The number of rotatable bonds is 3. The van der Waals surface area contributed by atoms with Gasteiger partial charge in [0.2, 0.25) is 0 Å². The molecule has 2 aliphatic heterocycles. The Morgan fingerprint density at radius 2 is 1.96 bits per heavy atom. The fraction of sp³-hybridized carbons (Fsp3) is 0.500. The monoisotopic (exact) mass is 357 g/mol. The molecule has 0 saturated carbocycles. The van der Waals surface area contributed by atoms with Crippen LogP contribution in [0.5, 0.6) is 0 Å². The lowest BCUT2D eigenvalue weighted by molar-refractivity contribution is -0.145. The zero-order chi connectivity index (χ0) is 18.3. The van der Waals surface area contributed by atoms with E-state index in [1.54, 1.807) is 11.0 Å². The lowest BCUT2D eigenvalue weighted by atomic mass is 9.84. The van der Waals surface area contributed by atoms with Gasteiger partial charge in [0.05, 0.1) is 12.0 Å². The van der Waals surface area contributed by atoms with Crippen molar-refractivity contribution in [3.8, 4) is 0 Å². The predicted molar refractivity (Wildman–Crippen MR) is 95.1 cm³/mol. The smallest absolute Gasteiger partial charge is 0.309 e. The highest BCUT2D eigenvalue weighted by molar-refractivity contribution is 5.96. The minimum absolute atomic E-state index is 0.0961. The van der Waals surface area contributed by atoms with Crippen LogP contribution in [0.2, 0.25) is 0 Å². The number of benzene rings is 1. The van der Waals surface area contributed by atoms with E-state index in [0.29, 0.717) is 31.9 Å². The maximum atomic E-state index is 12.8. The van der Waals surface area contributed by atoms with E-state index in [0.717, 1.165) is 29.4 Å².